The molecule has 0 amide bonds. The maximum absolute atomic E-state index is 12.1. The van der Waals surface area contributed by atoms with Crippen molar-refractivity contribution in [2.45, 2.75) is 29.9 Å². The van der Waals surface area contributed by atoms with Crippen LogP contribution in [0.4, 0.5) is 0 Å². The van der Waals surface area contributed by atoms with Crippen molar-refractivity contribution < 1.29 is 20.1 Å². The Hall–Kier alpha value is -1.74. The van der Waals surface area contributed by atoms with Crippen LogP contribution in [0, 0.1) is 0 Å². The predicted octanol–water partition coefficient (Wildman–Crippen LogP) is -2.32. The molecule has 1 fully saturated rings. The standard InChI is InChI=1S/C16H18N2O6Se/c19-7-11-12(20)13(21)15(24-11)18-6-9(14(22)17-16(18)23)8-25-10-4-2-1-3-5-10/h1-6,11-13,15,19-21H,7-8H2,(H,17,22,23)/t11-,12-,13-,15-/m1/s1. The molecule has 2 aromatic rings. The van der Waals surface area contributed by atoms with E-state index >= 15 is 0 Å². The Balaban J connectivity index is 1.86. The molecule has 134 valence electrons. The fraction of sp³-hybridized carbons (Fsp3) is 0.375. The number of benzene rings is 1. The van der Waals surface area contributed by atoms with Gasteiger partial charge in [0.25, 0.3) is 0 Å². The summed E-state index contributed by atoms with van der Waals surface area (Å²) in [5.41, 5.74) is -0.831. The zero-order valence-electron chi connectivity index (χ0n) is 13.1. The molecule has 9 heteroatoms. The number of H-pyrrole nitrogens is 1. The summed E-state index contributed by atoms with van der Waals surface area (Å²) in [6, 6.07) is 9.68. The maximum atomic E-state index is 12.1. The predicted molar refractivity (Wildman–Crippen MR) is 89.9 cm³/mol. The van der Waals surface area contributed by atoms with Gasteiger partial charge in [-0.1, -0.05) is 0 Å². The van der Waals surface area contributed by atoms with Crippen LogP contribution in [0.3, 0.4) is 0 Å². The van der Waals surface area contributed by atoms with Crippen LogP contribution in [0.2, 0.25) is 0 Å². The van der Waals surface area contributed by atoms with Gasteiger partial charge in [0, 0.05) is 0 Å². The van der Waals surface area contributed by atoms with E-state index in [4.69, 9.17) is 9.84 Å². The minimum atomic E-state index is -1.38. The monoisotopic (exact) mass is 414 g/mol. The molecule has 1 aromatic carbocycles. The van der Waals surface area contributed by atoms with E-state index in [9.17, 15) is 19.8 Å². The molecule has 4 atom stereocenters. The fourth-order valence-corrected chi connectivity index (χ4v) is 4.45. The summed E-state index contributed by atoms with van der Waals surface area (Å²) in [5.74, 6) is 0. The molecule has 0 unspecified atom stereocenters. The quantitative estimate of drug-likeness (QED) is 0.408. The van der Waals surface area contributed by atoms with Gasteiger partial charge in [-0.15, -0.1) is 0 Å². The van der Waals surface area contributed by atoms with E-state index in [1.54, 1.807) is 0 Å². The Bertz CT molecular complexity index is 837. The summed E-state index contributed by atoms with van der Waals surface area (Å²) in [6.45, 7) is -0.489. The minimum absolute atomic E-state index is 0.00120. The zero-order chi connectivity index (χ0) is 18.0. The van der Waals surface area contributed by atoms with E-state index in [2.05, 4.69) is 4.98 Å². The van der Waals surface area contributed by atoms with Crippen molar-refractivity contribution in [1.82, 2.24) is 9.55 Å². The van der Waals surface area contributed by atoms with E-state index in [0.29, 0.717) is 10.9 Å². The first-order chi connectivity index (χ1) is 12.0. The Morgan fingerprint density at radius 2 is 1.88 bits per heavy atom. The third-order valence-corrected chi connectivity index (χ3v) is 6.20. The van der Waals surface area contributed by atoms with Gasteiger partial charge < -0.3 is 0 Å². The van der Waals surface area contributed by atoms with Crippen LogP contribution in [-0.2, 0) is 10.1 Å². The molecule has 0 spiro atoms. The molecule has 1 aliphatic rings. The number of rotatable bonds is 5. The van der Waals surface area contributed by atoms with Crippen molar-refractivity contribution in [3.05, 3.63) is 62.9 Å². The Morgan fingerprint density at radius 3 is 2.52 bits per heavy atom. The van der Waals surface area contributed by atoms with Gasteiger partial charge in [-0.3, -0.25) is 0 Å². The summed E-state index contributed by atoms with van der Waals surface area (Å²) in [5, 5.41) is 29.5. The van der Waals surface area contributed by atoms with Crippen LogP contribution in [0.25, 0.3) is 0 Å². The Kier molecular flexibility index (Phi) is 5.53. The first-order valence-electron chi connectivity index (χ1n) is 7.66. The van der Waals surface area contributed by atoms with Crippen molar-refractivity contribution in [2.75, 3.05) is 6.61 Å². The average Bonchev–Trinajstić information content (AvgIpc) is 2.90. The van der Waals surface area contributed by atoms with Crippen molar-refractivity contribution in [1.29, 1.82) is 0 Å². The molecule has 0 bridgehead atoms. The first-order valence-corrected chi connectivity index (χ1v) is 9.72. The number of aliphatic hydroxyl groups is 3. The van der Waals surface area contributed by atoms with Crippen LogP contribution < -0.4 is 15.7 Å². The van der Waals surface area contributed by atoms with Crippen LogP contribution in [-0.4, -0.2) is 64.7 Å². The van der Waals surface area contributed by atoms with Crippen LogP contribution in [0.5, 0.6) is 0 Å². The molecular weight excluding hydrogens is 395 g/mol. The molecule has 1 aliphatic heterocycles. The summed E-state index contributed by atoms with van der Waals surface area (Å²) >= 11 is -0.00120. The number of aromatic amines is 1. The third-order valence-electron chi connectivity index (χ3n) is 3.97. The normalized spacial score (nSPS) is 26.0. The van der Waals surface area contributed by atoms with Crippen molar-refractivity contribution in [2.24, 2.45) is 0 Å². The molecular formula is C16H18N2O6Se. The molecule has 4 N–H and O–H groups in total. The Morgan fingerprint density at radius 1 is 1.16 bits per heavy atom. The average molecular weight is 413 g/mol. The van der Waals surface area contributed by atoms with Gasteiger partial charge in [0.2, 0.25) is 0 Å². The number of nitrogens with zero attached hydrogens (tertiary/aromatic N) is 1. The van der Waals surface area contributed by atoms with E-state index in [1.807, 2.05) is 30.3 Å². The van der Waals surface area contributed by atoms with Gasteiger partial charge in [-0.25, -0.2) is 0 Å². The molecule has 25 heavy (non-hydrogen) atoms. The van der Waals surface area contributed by atoms with Crippen molar-refractivity contribution >= 4 is 19.4 Å². The third kappa shape index (κ3) is 3.77. The van der Waals surface area contributed by atoms with Crippen LogP contribution in [0.15, 0.2) is 46.1 Å². The van der Waals surface area contributed by atoms with E-state index in [1.165, 1.54) is 6.20 Å². The van der Waals surface area contributed by atoms with Crippen LogP contribution in [0.1, 0.15) is 11.8 Å². The topological polar surface area (TPSA) is 125 Å². The second kappa shape index (κ2) is 7.65. The van der Waals surface area contributed by atoms with E-state index < -0.39 is 42.4 Å². The fourth-order valence-electron chi connectivity index (χ4n) is 2.61. The molecule has 1 aromatic heterocycles. The van der Waals surface area contributed by atoms with Gasteiger partial charge in [-0.05, 0) is 0 Å². The Labute approximate surface area is 148 Å². The second-order valence-electron chi connectivity index (χ2n) is 5.65. The summed E-state index contributed by atoms with van der Waals surface area (Å²) in [6.07, 6.45) is -3.50. The van der Waals surface area contributed by atoms with Gasteiger partial charge in [0.1, 0.15) is 0 Å². The summed E-state index contributed by atoms with van der Waals surface area (Å²) in [4.78, 5) is 26.3. The first kappa shape index (κ1) is 18.1. The van der Waals surface area contributed by atoms with Crippen molar-refractivity contribution in [3.63, 3.8) is 0 Å². The van der Waals surface area contributed by atoms with Gasteiger partial charge in [0.05, 0.1) is 0 Å². The number of hydrogen-bond acceptors (Lipinski definition) is 6. The van der Waals surface area contributed by atoms with Gasteiger partial charge in [-0.2, -0.15) is 0 Å². The number of hydrogen-bond donors (Lipinski definition) is 4. The molecule has 3 rings (SSSR count). The summed E-state index contributed by atoms with van der Waals surface area (Å²) in [7, 11) is 0. The zero-order valence-corrected chi connectivity index (χ0v) is 14.8. The van der Waals surface area contributed by atoms with E-state index in [0.717, 1.165) is 9.03 Å². The number of aromatic nitrogens is 2. The SMILES string of the molecule is O=c1[nH]c(=O)n([C@@H]2O[C@H](CO)[C@@H](O)[C@H]2O)cc1C[Se]c1ccccc1. The molecule has 1 saturated heterocycles. The molecule has 2 heterocycles. The second-order valence-corrected chi connectivity index (χ2v) is 7.85. The number of aliphatic hydroxyl groups excluding tert-OH is 3. The molecule has 0 aliphatic carbocycles. The van der Waals surface area contributed by atoms with E-state index in [-0.39, 0.29) is 15.0 Å². The van der Waals surface area contributed by atoms with Crippen molar-refractivity contribution in [3.8, 4) is 0 Å². The number of ether oxygens (including phenoxy) is 1. The molecule has 0 radical (unpaired) electrons. The molecule has 0 saturated carbocycles. The number of nitrogens with one attached hydrogen (secondary N) is 1. The van der Waals surface area contributed by atoms with Gasteiger partial charge >= 0.3 is 148 Å². The van der Waals surface area contributed by atoms with Gasteiger partial charge in [0.15, 0.2) is 0 Å². The van der Waals surface area contributed by atoms with Crippen LogP contribution >= 0.6 is 0 Å². The molecule has 8 nitrogen and oxygen atoms in total. The summed E-state index contributed by atoms with van der Waals surface area (Å²) < 4.78 is 7.52.